The summed E-state index contributed by atoms with van der Waals surface area (Å²) in [5, 5.41) is 12.2. The van der Waals surface area contributed by atoms with Gasteiger partial charge in [0.2, 0.25) is 0 Å². The van der Waals surface area contributed by atoms with Crippen LogP contribution in [0.2, 0.25) is 0 Å². The van der Waals surface area contributed by atoms with Gasteiger partial charge in [0.1, 0.15) is 5.75 Å². The van der Waals surface area contributed by atoms with Crippen LogP contribution in [0.1, 0.15) is 10.4 Å². The highest BCUT2D eigenvalue weighted by molar-refractivity contribution is 6.29. The predicted octanol–water partition coefficient (Wildman–Crippen LogP) is 1.87. The Bertz CT molecular complexity index is 363. The van der Waals surface area contributed by atoms with Gasteiger partial charge in [-0.1, -0.05) is 30.3 Å². The number of carbonyl (C=O) groups excluding carboxylic acids is 1. The van der Waals surface area contributed by atoms with Crippen LogP contribution in [0.4, 0.5) is 0 Å². The van der Waals surface area contributed by atoms with E-state index in [4.69, 9.17) is 11.6 Å². The van der Waals surface area contributed by atoms with Crippen molar-refractivity contribution in [2.24, 2.45) is 0 Å². The number of carbonyl (C=O) groups is 1. The molecule has 0 aliphatic heterocycles. The number of para-hydroxylation sites is 1. The number of nitrogens with one attached hydrogen (secondary N) is 1. The van der Waals surface area contributed by atoms with Crippen molar-refractivity contribution in [1.82, 2.24) is 5.32 Å². The topological polar surface area (TPSA) is 49.3 Å². The summed E-state index contributed by atoms with van der Waals surface area (Å²) < 4.78 is 0. The largest absolute Gasteiger partial charge is 0.507 e. The molecule has 1 rings (SSSR count). The van der Waals surface area contributed by atoms with E-state index >= 15 is 0 Å². The van der Waals surface area contributed by atoms with Crippen LogP contribution in [0, 0.1) is 0 Å². The van der Waals surface area contributed by atoms with Crippen molar-refractivity contribution in [3.63, 3.8) is 0 Å². The summed E-state index contributed by atoms with van der Waals surface area (Å²) in [5.41, 5.74) is 0.227. The van der Waals surface area contributed by atoms with Crippen LogP contribution in [0.15, 0.2) is 35.9 Å². The lowest BCUT2D eigenvalue weighted by Crippen LogP contribution is -2.24. The average molecular weight is 212 g/mol. The van der Waals surface area contributed by atoms with Crippen molar-refractivity contribution in [1.29, 1.82) is 0 Å². The van der Waals surface area contributed by atoms with E-state index in [1.165, 1.54) is 12.1 Å². The summed E-state index contributed by atoms with van der Waals surface area (Å²) in [5.74, 6) is -0.421. The Labute approximate surface area is 87.0 Å². The van der Waals surface area contributed by atoms with E-state index in [2.05, 4.69) is 11.9 Å². The Morgan fingerprint density at radius 2 is 2.14 bits per heavy atom. The van der Waals surface area contributed by atoms with Gasteiger partial charge in [0.25, 0.3) is 5.91 Å². The highest BCUT2D eigenvalue weighted by Gasteiger charge is 2.08. The molecule has 0 atom stereocenters. The first-order valence-corrected chi connectivity index (χ1v) is 4.38. The fourth-order valence-corrected chi connectivity index (χ4v) is 1.00. The molecule has 2 N–H and O–H groups in total. The van der Waals surface area contributed by atoms with Gasteiger partial charge in [0.05, 0.1) is 12.1 Å². The zero-order valence-corrected chi connectivity index (χ0v) is 8.21. The number of benzene rings is 1. The number of phenols is 1. The van der Waals surface area contributed by atoms with Gasteiger partial charge >= 0.3 is 0 Å². The first-order valence-electron chi connectivity index (χ1n) is 4.00. The van der Waals surface area contributed by atoms with Gasteiger partial charge in [-0.2, -0.15) is 0 Å². The molecule has 14 heavy (non-hydrogen) atoms. The molecule has 0 aliphatic rings. The quantitative estimate of drug-likeness (QED) is 0.802. The molecule has 0 bridgehead atoms. The van der Waals surface area contributed by atoms with Crippen LogP contribution in [-0.4, -0.2) is 17.6 Å². The van der Waals surface area contributed by atoms with Crippen molar-refractivity contribution in [2.45, 2.75) is 0 Å². The van der Waals surface area contributed by atoms with Crippen LogP contribution in [0.5, 0.6) is 5.75 Å². The minimum atomic E-state index is -0.370. The fraction of sp³-hybridized carbons (Fsp3) is 0.100. The Kier molecular flexibility index (Phi) is 3.54. The van der Waals surface area contributed by atoms with Gasteiger partial charge in [-0.15, -0.1) is 0 Å². The van der Waals surface area contributed by atoms with Crippen molar-refractivity contribution in [3.05, 3.63) is 41.4 Å². The maximum Gasteiger partial charge on any atom is 0.255 e. The Morgan fingerprint density at radius 1 is 1.50 bits per heavy atom. The number of amides is 1. The van der Waals surface area contributed by atoms with E-state index in [0.717, 1.165) is 0 Å². The Balaban J connectivity index is 2.70. The second-order valence-electron chi connectivity index (χ2n) is 2.72. The van der Waals surface area contributed by atoms with E-state index < -0.39 is 0 Å². The number of hydrogen-bond acceptors (Lipinski definition) is 2. The zero-order valence-electron chi connectivity index (χ0n) is 7.46. The van der Waals surface area contributed by atoms with Crippen molar-refractivity contribution >= 4 is 17.5 Å². The number of hydrogen-bond donors (Lipinski definition) is 2. The minimum Gasteiger partial charge on any atom is -0.507 e. The highest BCUT2D eigenvalue weighted by atomic mass is 35.5. The smallest absolute Gasteiger partial charge is 0.255 e. The van der Waals surface area contributed by atoms with E-state index in [1.807, 2.05) is 0 Å². The maximum atomic E-state index is 11.4. The summed E-state index contributed by atoms with van der Waals surface area (Å²) in [6, 6.07) is 6.29. The molecule has 0 radical (unpaired) electrons. The second kappa shape index (κ2) is 4.67. The SMILES string of the molecule is C=C(Cl)CNC(=O)c1ccccc1O. The van der Waals surface area contributed by atoms with Crippen molar-refractivity contribution in [2.75, 3.05) is 6.54 Å². The standard InChI is InChI=1S/C10H10ClNO2/c1-7(11)6-12-10(14)8-4-2-3-5-9(8)13/h2-5,13H,1,6H2,(H,12,14). The molecule has 0 aromatic heterocycles. The van der Waals surface area contributed by atoms with Crippen LogP contribution in [-0.2, 0) is 0 Å². The van der Waals surface area contributed by atoms with Gasteiger partial charge in [0, 0.05) is 5.03 Å². The molecule has 0 saturated carbocycles. The summed E-state index contributed by atoms with van der Waals surface area (Å²) >= 11 is 5.48. The monoisotopic (exact) mass is 211 g/mol. The fourth-order valence-electron chi connectivity index (χ4n) is 0.937. The maximum absolute atomic E-state index is 11.4. The molecule has 0 unspecified atom stereocenters. The van der Waals surface area contributed by atoms with Crippen molar-refractivity contribution in [3.8, 4) is 5.75 Å². The van der Waals surface area contributed by atoms with Crippen molar-refractivity contribution < 1.29 is 9.90 Å². The molecule has 0 saturated heterocycles. The van der Waals surface area contributed by atoms with E-state index in [0.29, 0.717) is 5.03 Å². The van der Waals surface area contributed by atoms with Gasteiger partial charge in [-0.25, -0.2) is 0 Å². The average Bonchev–Trinajstić information content (AvgIpc) is 2.15. The molecule has 1 aromatic rings. The van der Waals surface area contributed by atoms with Gasteiger partial charge in [0.15, 0.2) is 0 Å². The number of phenolic OH excluding ortho intramolecular Hbond substituents is 1. The molecule has 1 aromatic carbocycles. The van der Waals surface area contributed by atoms with Crippen LogP contribution >= 0.6 is 11.6 Å². The number of aromatic hydroxyl groups is 1. The third-order valence-electron chi connectivity index (χ3n) is 1.59. The molecule has 0 fully saturated rings. The van der Waals surface area contributed by atoms with Gasteiger partial charge < -0.3 is 10.4 Å². The summed E-state index contributed by atoms with van der Waals surface area (Å²) in [6.07, 6.45) is 0. The Hall–Kier alpha value is -1.48. The molecule has 0 spiro atoms. The number of halogens is 1. The van der Waals surface area contributed by atoms with Gasteiger partial charge in [-0.05, 0) is 12.1 Å². The first-order chi connectivity index (χ1) is 6.61. The lowest BCUT2D eigenvalue weighted by molar-refractivity contribution is 0.0955. The summed E-state index contributed by atoms with van der Waals surface area (Å²) in [7, 11) is 0. The summed E-state index contributed by atoms with van der Waals surface area (Å²) in [4.78, 5) is 11.4. The third-order valence-corrected chi connectivity index (χ3v) is 1.72. The normalized spacial score (nSPS) is 9.50. The van der Waals surface area contributed by atoms with Crippen LogP contribution in [0.25, 0.3) is 0 Å². The Morgan fingerprint density at radius 3 is 2.71 bits per heavy atom. The van der Waals surface area contributed by atoms with Crippen LogP contribution in [0.3, 0.4) is 0 Å². The molecule has 3 nitrogen and oxygen atoms in total. The first kappa shape index (κ1) is 10.6. The molecule has 0 heterocycles. The zero-order chi connectivity index (χ0) is 10.6. The molecular weight excluding hydrogens is 202 g/mol. The minimum absolute atomic E-state index is 0.0508. The number of rotatable bonds is 3. The lowest BCUT2D eigenvalue weighted by atomic mass is 10.2. The lowest BCUT2D eigenvalue weighted by Gasteiger charge is -2.04. The van der Waals surface area contributed by atoms with Gasteiger partial charge in [-0.3, -0.25) is 4.79 Å². The molecule has 1 amide bonds. The summed E-state index contributed by atoms with van der Waals surface area (Å²) in [6.45, 7) is 3.62. The highest BCUT2D eigenvalue weighted by Crippen LogP contribution is 2.14. The second-order valence-corrected chi connectivity index (χ2v) is 3.25. The predicted molar refractivity (Wildman–Crippen MR) is 55.4 cm³/mol. The molecule has 0 aliphatic carbocycles. The molecule has 4 heteroatoms. The van der Waals surface area contributed by atoms with E-state index in [-0.39, 0.29) is 23.8 Å². The van der Waals surface area contributed by atoms with Crippen LogP contribution < -0.4 is 5.32 Å². The third kappa shape index (κ3) is 2.78. The van der Waals surface area contributed by atoms with E-state index in [9.17, 15) is 9.90 Å². The molecule has 74 valence electrons. The molecular formula is C10H10ClNO2. The van der Waals surface area contributed by atoms with E-state index in [1.54, 1.807) is 12.1 Å².